The zero-order chi connectivity index (χ0) is 9.14. The molecule has 1 aromatic carbocycles. The van der Waals surface area contributed by atoms with Crippen LogP contribution in [-0.4, -0.2) is 17.2 Å². The smallest absolute Gasteiger partial charge is 0.161 e. The van der Waals surface area contributed by atoms with Crippen LogP contribution < -0.4 is 10.5 Å². The summed E-state index contributed by atoms with van der Waals surface area (Å²) in [6.07, 6.45) is 0. The maximum Gasteiger partial charge on any atom is 0.161 e. The van der Waals surface area contributed by atoms with E-state index in [4.69, 9.17) is 22.7 Å². The highest BCUT2D eigenvalue weighted by molar-refractivity contribution is 7.80. The third-order valence-corrected chi connectivity index (χ3v) is 1.70. The second kappa shape index (κ2) is 3.40. The lowest BCUT2D eigenvalue weighted by molar-refractivity contribution is 0.373. The van der Waals surface area contributed by atoms with E-state index in [1.807, 2.05) is 0 Å². The summed E-state index contributed by atoms with van der Waals surface area (Å²) in [4.78, 5) is 0.285. The van der Waals surface area contributed by atoms with Gasteiger partial charge < -0.3 is 15.6 Å². The number of phenols is 1. The third-order valence-electron chi connectivity index (χ3n) is 1.46. The van der Waals surface area contributed by atoms with Crippen LogP contribution in [0.25, 0.3) is 0 Å². The van der Waals surface area contributed by atoms with E-state index in [2.05, 4.69) is 0 Å². The standard InChI is InChI=1S/C8H9NO2S/c1-11-7-4-5(8(9)12)2-3-6(7)10/h2-4,10H,1H3,(H2,9,12). The third kappa shape index (κ3) is 1.65. The molecular formula is C8H9NO2S. The van der Waals surface area contributed by atoms with Crippen LogP contribution in [0.1, 0.15) is 5.56 Å². The number of hydrogen-bond donors (Lipinski definition) is 2. The normalized spacial score (nSPS) is 9.42. The molecule has 0 unspecified atom stereocenters. The molecule has 0 heterocycles. The fraction of sp³-hybridized carbons (Fsp3) is 0.125. The van der Waals surface area contributed by atoms with Gasteiger partial charge in [0.05, 0.1) is 7.11 Å². The number of hydrogen-bond acceptors (Lipinski definition) is 3. The van der Waals surface area contributed by atoms with E-state index in [0.29, 0.717) is 11.3 Å². The molecule has 0 aliphatic carbocycles. The Morgan fingerprint density at radius 1 is 1.58 bits per heavy atom. The fourth-order valence-corrected chi connectivity index (χ4v) is 0.958. The molecule has 0 radical (unpaired) electrons. The Morgan fingerprint density at radius 2 is 2.25 bits per heavy atom. The van der Waals surface area contributed by atoms with Crippen LogP contribution in [0.2, 0.25) is 0 Å². The molecule has 1 aromatic rings. The summed E-state index contributed by atoms with van der Waals surface area (Å²) < 4.78 is 4.87. The first kappa shape index (κ1) is 8.80. The molecule has 1 rings (SSSR count). The number of thiocarbonyl (C=S) groups is 1. The van der Waals surface area contributed by atoms with Gasteiger partial charge in [-0.15, -0.1) is 0 Å². The van der Waals surface area contributed by atoms with Crippen LogP contribution in [0.4, 0.5) is 0 Å². The van der Waals surface area contributed by atoms with E-state index in [-0.39, 0.29) is 10.7 Å². The van der Waals surface area contributed by atoms with Crippen molar-refractivity contribution in [2.45, 2.75) is 0 Å². The second-order valence-electron chi connectivity index (χ2n) is 2.25. The first-order valence-electron chi connectivity index (χ1n) is 3.32. The topological polar surface area (TPSA) is 55.5 Å². The molecule has 0 aliphatic heterocycles. The van der Waals surface area contributed by atoms with E-state index >= 15 is 0 Å². The Morgan fingerprint density at radius 3 is 2.75 bits per heavy atom. The van der Waals surface area contributed by atoms with E-state index < -0.39 is 0 Å². The first-order valence-corrected chi connectivity index (χ1v) is 3.73. The van der Waals surface area contributed by atoms with E-state index in [9.17, 15) is 5.11 Å². The Balaban J connectivity index is 3.13. The molecule has 0 aliphatic rings. The summed E-state index contributed by atoms with van der Waals surface area (Å²) in [7, 11) is 1.47. The predicted octanol–water partition coefficient (Wildman–Crippen LogP) is 1.03. The number of nitrogens with two attached hydrogens (primary N) is 1. The van der Waals surface area contributed by atoms with Crippen LogP contribution in [0.5, 0.6) is 11.5 Å². The van der Waals surface area contributed by atoms with Gasteiger partial charge in [0.25, 0.3) is 0 Å². The number of aromatic hydroxyl groups is 1. The van der Waals surface area contributed by atoms with Gasteiger partial charge in [-0.2, -0.15) is 0 Å². The van der Waals surface area contributed by atoms with E-state index in [1.165, 1.54) is 13.2 Å². The van der Waals surface area contributed by atoms with Gasteiger partial charge in [0, 0.05) is 5.56 Å². The molecule has 0 saturated carbocycles. The summed E-state index contributed by atoms with van der Waals surface area (Å²) in [5.74, 6) is 0.456. The molecular weight excluding hydrogens is 174 g/mol. The number of rotatable bonds is 2. The molecule has 0 bridgehead atoms. The van der Waals surface area contributed by atoms with Crippen molar-refractivity contribution < 1.29 is 9.84 Å². The molecule has 3 nitrogen and oxygen atoms in total. The Labute approximate surface area is 75.8 Å². The van der Waals surface area contributed by atoms with Crippen LogP contribution >= 0.6 is 12.2 Å². The molecule has 12 heavy (non-hydrogen) atoms. The van der Waals surface area contributed by atoms with Gasteiger partial charge in [-0.1, -0.05) is 12.2 Å². The second-order valence-corrected chi connectivity index (χ2v) is 2.69. The van der Waals surface area contributed by atoms with Gasteiger partial charge in [-0.3, -0.25) is 0 Å². The lowest BCUT2D eigenvalue weighted by Gasteiger charge is -2.04. The van der Waals surface area contributed by atoms with Crippen LogP contribution in [0.15, 0.2) is 18.2 Å². The molecule has 64 valence electrons. The van der Waals surface area contributed by atoms with Crippen LogP contribution in [-0.2, 0) is 0 Å². The predicted molar refractivity (Wildman–Crippen MR) is 50.5 cm³/mol. The molecule has 0 saturated heterocycles. The summed E-state index contributed by atoms with van der Waals surface area (Å²) >= 11 is 4.75. The Bertz CT molecular complexity index is 312. The highest BCUT2D eigenvalue weighted by atomic mass is 32.1. The van der Waals surface area contributed by atoms with Gasteiger partial charge in [-0.25, -0.2) is 0 Å². The maximum atomic E-state index is 9.21. The lowest BCUT2D eigenvalue weighted by Crippen LogP contribution is -2.08. The number of ether oxygens (including phenoxy) is 1. The van der Waals surface area contributed by atoms with Crippen molar-refractivity contribution >= 4 is 17.2 Å². The van der Waals surface area contributed by atoms with Crippen LogP contribution in [0, 0.1) is 0 Å². The van der Waals surface area contributed by atoms with Crippen molar-refractivity contribution in [3.63, 3.8) is 0 Å². The van der Waals surface area contributed by atoms with Gasteiger partial charge >= 0.3 is 0 Å². The minimum atomic E-state index is 0.0810. The van der Waals surface area contributed by atoms with Gasteiger partial charge in [-0.05, 0) is 18.2 Å². The van der Waals surface area contributed by atoms with E-state index in [0.717, 1.165) is 0 Å². The minimum absolute atomic E-state index is 0.0810. The zero-order valence-corrected chi connectivity index (χ0v) is 7.39. The minimum Gasteiger partial charge on any atom is -0.504 e. The quantitative estimate of drug-likeness (QED) is 0.672. The average molecular weight is 183 g/mol. The van der Waals surface area contributed by atoms with Crippen molar-refractivity contribution in [3.8, 4) is 11.5 Å². The number of methoxy groups -OCH3 is 1. The SMILES string of the molecule is COc1cc(C(N)=S)ccc1O. The van der Waals surface area contributed by atoms with Crippen LogP contribution in [0.3, 0.4) is 0 Å². The monoisotopic (exact) mass is 183 g/mol. The highest BCUT2D eigenvalue weighted by Crippen LogP contribution is 2.25. The molecule has 3 N–H and O–H groups in total. The molecule has 0 amide bonds. The lowest BCUT2D eigenvalue weighted by atomic mass is 10.2. The van der Waals surface area contributed by atoms with Gasteiger partial charge in [0.2, 0.25) is 0 Å². The van der Waals surface area contributed by atoms with Crippen molar-refractivity contribution in [2.24, 2.45) is 5.73 Å². The summed E-state index contributed by atoms with van der Waals surface area (Å²) in [5, 5.41) is 9.21. The molecule has 4 heteroatoms. The molecule has 0 spiro atoms. The van der Waals surface area contributed by atoms with Crippen molar-refractivity contribution in [2.75, 3.05) is 7.11 Å². The summed E-state index contributed by atoms with van der Waals surface area (Å²) in [5.41, 5.74) is 6.06. The van der Waals surface area contributed by atoms with Crippen molar-refractivity contribution in [3.05, 3.63) is 23.8 Å². The van der Waals surface area contributed by atoms with Crippen molar-refractivity contribution in [1.29, 1.82) is 0 Å². The van der Waals surface area contributed by atoms with Crippen molar-refractivity contribution in [1.82, 2.24) is 0 Å². The number of benzene rings is 1. The largest absolute Gasteiger partial charge is 0.504 e. The Hall–Kier alpha value is -1.29. The highest BCUT2D eigenvalue weighted by Gasteiger charge is 2.03. The molecule has 0 atom stereocenters. The fourth-order valence-electron chi connectivity index (χ4n) is 0.831. The molecule has 0 fully saturated rings. The summed E-state index contributed by atoms with van der Waals surface area (Å²) in [6, 6.07) is 4.73. The maximum absolute atomic E-state index is 9.21. The number of phenolic OH excluding ortho intramolecular Hbond substituents is 1. The average Bonchev–Trinajstić information content (AvgIpc) is 2.05. The van der Waals surface area contributed by atoms with E-state index in [1.54, 1.807) is 12.1 Å². The zero-order valence-electron chi connectivity index (χ0n) is 6.57. The summed E-state index contributed by atoms with van der Waals surface area (Å²) in [6.45, 7) is 0. The molecule has 0 aromatic heterocycles. The van der Waals surface area contributed by atoms with Gasteiger partial charge in [0.15, 0.2) is 11.5 Å². The van der Waals surface area contributed by atoms with Gasteiger partial charge in [0.1, 0.15) is 4.99 Å². The Kier molecular flexibility index (Phi) is 2.50. The first-order chi connectivity index (χ1) is 5.65.